The van der Waals surface area contributed by atoms with Crippen LogP contribution in [0, 0.1) is 5.92 Å². The van der Waals surface area contributed by atoms with E-state index in [4.69, 9.17) is 21.7 Å². The summed E-state index contributed by atoms with van der Waals surface area (Å²) >= 11 is 0. The van der Waals surface area contributed by atoms with Crippen LogP contribution in [0.25, 0.3) is 0 Å². The maximum atomic E-state index is 12.8. The van der Waals surface area contributed by atoms with E-state index in [0.717, 1.165) is 0 Å². The lowest BCUT2D eigenvalue weighted by Gasteiger charge is -2.25. The molecule has 0 fully saturated rings. The fourth-order valence-corrected chi connectivity index (χ4v) is 2.52. The molecule has 0 saturated heterocycles. The number of primary amides is 1. The predicted molar refractivity (Wildman–Crippen MR) is 112 cm³/mol. The van der Waals surface area contributed by atoms with E-state index in [-0.39, 0.29) is 25.2 Å². The van der Waals surface area contributed by atoms with Gasteiger partial charge in [-0.05, 0) is 25.7 Å². The number of amides is 4. The predicted octanol–water partition coefficient (Wildman–Crippen LogP) is -1.95. The first kappa shape index (κ1) is 28.8. The van der Waals surface area contributed by atoms with Gasteiger partial charge in [0.15, 0.2) is 0 Å². The number of nitrogens with two attached hydrogens (primary N) is 2. The minimum Gasteiger partial charge on any atom is -0.481 e. The normalized spacial score (nSPS) is 15.4. The van der Waals surface area contributed by atoms with Crippen LogP contribution in [0.3, 0.4) is 0 Å². The highest BCUT2D eigenvalue weighted by molar-refractivity contribution is 5.94. The lowest BCUT2D eigenvalue weighted by atomic mass is 9.98. The molecular formula is C19H33N5O8. The third kappa shape index (κ3) is 10.7. The standard InChI is InChI=1S/C19H33N5O8/c1-4-9(2)15(21)18(30)24-11(5-7-13(20)25)17(29)23-12(6-8-14(26)27)16(28)22-10(3)19(31)32/h9-12,15H,4-8,21H2,1-3H3,(H2,20,25)(H,22,28)(H,23,29)(H,24,30)(H,26,27)(H,31,32). The third-order valence-electron chi connectivity index (χ3n) is 4.88. The Labute approximate surface area is 185 Å². The van der Waals surface area contributed by atoms with Crippen LogP contribution in [0.15, 0.2) is 0 Å². The summed E-state index contributed by atoms with van der Waals surface area (Å²) in [5.74, 6) is -5.90. The van der Waals surface area contributed by atoms with E-state index in [9.17, 15) is 28.8 Å². The van der Waals surface area contributed by atoms with Gasteiger partial charge in [0.1, 0.15) is 18.1 Å². The zero-order chi connectivity index (χ0) is 25.0. The first-order valence-electron chi connectivity index (χ1n) is 10.2. The van der Waals surface area contributed by atoms with Gasteiger partial charge >= 0.3 is 11.9 Å². The van der Waals surface area contributed by atoms with Gasteiger partial charge in [-0.1, -0.05) is 20.3 Å². The lowest BCUT2D eigenvalue weighted by molar-refractivity contribution is -0.142. The molecule has 0 aliphatic heterocycles. The largest absolute Gasteiger partial charge is 0.481 e. The number of carboxylic acids is 2. The number of carboxylic acid groups (broad SMARTS) is 2. The van der Waals surface area contributed by atoms with Crippen molar-refractivity contribution in [3.05, 3.63) is 0 Å². The molecule has 32 heavy (non-hydrogen) atoms. The maximum absolute atomic E-state index is 12.8. The van der Waals surface area contributed by atoms with Gasteiger partial charge in [0.2, 0.25) is 23.6 Å². The molecule has 13 nitrogen and oxygen atoms in total. The third-order valence-corrected chi connectivity index (χ3v) is 4.88. The summed E-state index contributed by atoms with van der Waals surface area (Å²) in [6.45, 7) is 4.78. The van der Waals surface area contributed by atoms with E-state index in [1.54, 1.807) is 6.92 Å². The molecule has 0 spiro atoms. The fourth-order valence-electron chi connectivity index (χ4n) is 2.52. The zero-order valence-corrected chi connectivity index (χ0v) is 18.4. The van der Waals surface area contributed by atoms with Crippen LogP contribution >= 0.6 is 0 Å². The number of carbonyl (C=O) groups is 6. The average Bonchev–Trinajstić information content (AvgIpc) is 2.71. The average molecular weight is 460 g/mol. The van der Waals surface area contributed by atoms with Gasteiger partial charge in [-0.15, -0.1) is 0 Å². The van der Waals surface area contributed by atoms with E-state index in [2.05, 4.69) is 16.0 Å². The molecule has 0 aromatic rings. The van der Waals surface area contributed by atoms with Crippen LogP contribution in [-0.4, -0.2) is 69.9 Å². The van der Waals surface area contributed by atoms with Gasteiger partial charge in [-0.25, -0.2) is 0 Å². The summed E-state index contributed by atoms with van der Waals surface area (Å²) < 4.78 is 0. The molecule has 13 heteroatoms. The van der Waals surface area contributed by atoms with Gasteiger partial charge in [0, 0.05) is 12.8 Å². The molecule has 0 radical (unpaired) electrons. The molecule has 0 rings (SSSR count). The molecule has 5 unspecified atom stereocenters. The lowest BCUT2D eigenvalue weighted by Crippen LogP contribution is -2.57. The van der Waals surface area contributed by atoms with Gasteiger partial charge in [0.25, 0.3) is 0 Å². The Bertz CT molecular complexity index is 714. The van der Waals surface area contributed by atoms with Crippen molar-refractivity contribution in [3.63, 3.8) is 0 Å². The Hall–Kier alpha value is -3.22. The molecule has 0 aromatic carbocycles. The van der Waals surface area contributed by atoms with E-state index < -0.39 is 66.2 Å². The molecule has 0 aliphatic rings. The van der Waals surface area contributed by atoms with E-state index >= 15 is 0 Å². The number of hydrogen-bond acceptors (Lipinski definition) is 7. The first-order valence-corrected chi connectivity index (χ1v) is 10.2. The smallest absolute Gasteiger partial charge is 0.325 e. The quantitative estimate of drug-likeness (QED) is 0.144. The second-order valence-electron chi connectivity index (χ2n) is 7.54. The first-order chi connectivity index (χ1) is 14.8. The van der Waals surface area contributed by atoms with Crippen molar-refractivity contribution in [2.24, 2.45) is 17.4 Å². The van der Waals surface area contributed by atoms with Crippen molar-refractivity contribution in [2.75, 3.05) is 0 Å². The summed E-state index contributed by atoms with van der Waals surface area (Å²) in [7, 11) is 0. The minimum absolute atomic E-state index is 0.182. The molecule has 0 bridgehead atoms. The summed E-state index contributed by atoms with van der Waals surface area (Å²) in [6, 6.07) is -4.88. The van der Waals surface area contributed by atoms with Gasteiger partial charge < -0.3 is 37.6 Å². The SMILES string of the molecule is CCC(C)C(N)C(=O)NC(CCC(N)=O)C(=O)NC(CCC(=O)O)C(=O)NC(C)C(=O)O. The van der Waals surface area contributed by atoms with Crippen LogP contribution in [0.1, 0.15) is 52.9 Å². The number of carbonyl (C=O) groups excluding carboxylic acids is 4. The van der Waals surface area contributed by atoms with Crippen LogP contribution in [0.4, 0.5) is 0 Å². The molecule has 0 aromatic heterocycles. The van der Waals surface area contributed by atoms with Crippen molar-refractivity contribution in [1.29, 1.82) is 0 Å². The Morgan fingerprint density at radius 1 is 0.812 bits per heavy atom. The van der Waals surface area contributed by atoms with Gasteiger partial charge in [-0.2, -0.15) is 0 Å². The van der Waals surface area contributed by atoms with Crippen molar-refractivity contribution in [1.82, 2.24) is 16.0 Å². The van der Waals surface area contributed by atoms with Crippen molar-refractivity contribution in [3.8, 4) is 0 Å². The molecule has 0 heterocycles. The molecular weight excluding hydrogens is 426 g/mol. The van der Waals surface area contributed by atoms with Crippen molar-refractivity contribution >= 4 is 35.6 Å². The highest BCUT2D eigenvalue weighted by atomic mass is 16.4. The Balaban J connectivity index is 5.51. The Morgan fingerprint density at radius 2 is 1.28 bits per heavy atom. The summed E-state index contributed by atoms with van der Waals surface area (Å²) in [6.07, 6.45) is -0.650. The second-order valence-corrected chi connectivity index (χ2v) is 7.54. The molecule has 182 valence electrons. The molecule has 0 saturated carbocycles. The molecule has 5 atom stereocenters. The summed E-state index contributed by atoms with van der Waals surface area (Å²) in [4.78, 5) is 70.6. The molecule has 0 aliphatic carbocycles. The van der Waals surface area contributed by atoms with E-state index in [1.165, 1.54) is 6.92 Å². The highest BCUT2D eigenvalue weighted by Crippen LogP contribution is 2.08. The number of hydrogen-bond donors (Lipinski definition) is 7. The number of rotatable bonds is 15. The minimum atomic E-state index is -1.39. The second kappa shape index (κ2) is 14.0. The van der Waals surface area contributed by atoms with Gasteiger partial charge in [-0.3, -0.25) is 28.8 Å². The van der Waals surface area contributed by atoms with Crippen LogP contribution in [-0.2, 0) is 28.8 Å². The maximum Gasteiger partial charge on any atom is 0.325 e. The summed E-state index contributed by atoms with van der Waals surface area (Å²) in [5, 5.41) is 24.7. The number of aliphatic carboxylic acids is 2. The van der Waals surface area contributed by atoms with Crippen molar-refractivity contribution in [2.45, 2.75) is 77.0 Å². The van der Waals surface area contributed by atoms with E-state index in [1.807, 2.05) is 6.92 Å². The Kier molecular flexibility index (Phi) is 12.6. The van der Waals surface area contributed by atoms with Crippen LogP contribution in [0.5, 0.6) is 0 Å². The Morgan fingerprint density at radius 3 is 1.72 bits per heavy atom. The summed E-state index contributed by atoms with van der Waals surface area (Å²) in [5.41, 5.74) is 11.0. The molecule has 9 N–H and O–H groups in total. The molecule has 4 amide bonds. The fraction of sp³-hybridized carbons (Fsp3) is 0.684. The monoisotopic (exact) mass is 459 g/mol. The van der Waals surface area contributed by atoms with E-state index in [0.29, 0.717) is 6.42 Å². The highest BCUT2D eigenvalue weighted by Gasteiger charge is 2.30. The van der Waals surface area contributed by atoms with Crippen molar-refractivity contribution < 1.29 is 39.0 Å². The number of nitrogens with one attached hydrogen (secondary N) is 3. The van der Waals surface area contributed by atoms with Gasteiger partial charge in [0.05, 0.1) is 6.04 Å². The van der Waals surface area contributed by atoms with Crippen LogP contribution in [0.2, 0.25) is 0 Å². The van der Waals surface area contributed by atoms with Crippen LogP contribution < -0.4 is 27.4 Å². The topological polar surface area (TPSA) is 231 Å². The zero-order valence-electron chi connectivity index (χ0n) is 18.4.